The van der Waals surface area contributed by atoms with Gasteiger partial charge in [-0.1, -0.05) is 6.92 Å². The van der Waals surface area contributed by atoms with Crippen molar-refractivity contribution in [1.29, 1.82) is 0 Å². The Balaban J connectivity index is 2.05. The summed E-state index contributed by atoms with van der Waals surface area (Å²) in [7, 11) is 0. The number of nitrogens with zero attached hydrogens (tertiary/aromatic N) is 3. The molecule has 9 heteroatoms. The van der Waals surface area contributed by atoms with Crippen LogP contribution in [0.15, 0.2) is 24.8 Å². The van der Waals surface area contributed by atoms with Crippen LogP contribution in [0.3, 0.4) is 0 Å². The summed E-state index contributed by atoms with van der Waals surface area (Å²) in [6.45, 7) is -1.13. The number of nitrogens with one attached hydrogen (secondary N) is 1. The number of alkyl halides is 2. The summed E-state index contributed by atoms with van der Waals surface area (Å²) >= 11 is 0. The molecule has 0 aliphatic carbocycles. The summed E-state index contributed by atoms with van der Waals surface area (Å²) in [4.78, 5) is 23.3. The van der Waals surface area contributed by atoms with Crippen LogP contribution in [0.4, 0.5) is 13.2 Å². The van der Waals surface area contributed by atoms with Gasteiger partial charge in [-0.2, -0.15) is 8.78 Å². The van der Waals surface area contributed by atoms with Gasteiger partial charge in [-0.15, -0.1) is 0 Å². The zero-order valence-corrected chi connectivity index (χ0v) is 12.1. The van der Waals surface area contributed by atoms with Crippen molar-refractivity contribution in [1.82, 2.24) is 20.3 Å². The molecular formula is C14H13F3N4O2. The highest BCUT2D eigenvalue weighted by Crippen LogP contribution is 2.17. The highest BCUT2D eigenvalue weighted by molar-refractivity contribution is 5.93. The van der Waals surface area contributed by atoms with Crippen molar-refractivity contribution in [3.8, 4) is 5.88 Å². The normalized spacial score (nSPS) is 10.7. The molecule has 2 aromatic heterocycles. The van der Waals surface area contributed by atoms with Gasteiger partial charge in [0.2, 0.25) is 0 Å². The molecule has 6 nitrogen and oxygen atoms in total. The van der Waals surface area contributed by atoms with Crippen LogP contribution in [0.2, 0.25) is 0 Å². The summed E-state index contributed by atoms with van der Waals surface area (Å²) in [6, 6.07) is 0.780. The van der Waals surface area contributed by atoms with Crippen LogP contribution < -0.4 is 10.1 Å². The standard InChI is InChI=1S/C14H13F3N4O2/c1-2-11-9(4-18-7-21-11)6-19-12(22)8-3-10(15)13(20-5-8)23-14(16)17/h3-5,7,14H,2,6H2,1H3,(H,19,22). The van der Waals surface area contributed by atoms with Crippen molar-refractivity contribution in [2.45, 2.75) is 26.5 Å². The van der Waals surface area contributed by atoms with Crippen molar-refractivity contribution in [2.24, 2.45) is 0 Å². The minimum Gasteiger partial charge on any atom is -0.414 e. The summed E-state index contributed by atoms with van der Waals surface area (Å²) in [5.74, 6) is -2.61. The van der Waals surface area contributed by atoms with Gasteiger partial charge in [-0.3, -0.25) is 4.79 Å². The predicted octanol–water partition coefficient (Wildman–Crippen LogP) is 2.10. The number of amides is 1. The molecule has 0 aromatic carbocycles. The van der Waals surface area contributed by atoms with Crippen LogP contribution in [-0.2, 0) is 13.0 Å². The number of hydrogen-bond acceptors (Lipinski definition) is 5. The van der Waals surface area contributed by atoms with E-state index in [4.69, 9.17) is 0 Å². The first-order valence-electron chi connectivity index (χ1n) is 6.67. The Hall–Kier alpha value is -2.71. The first kappa shape index (κ1) is 16.7. The number of aromatic nitrogens is 3. The Morgan fingerprint density at radius 3 is 2.78 bits per heavy atom. The van der Waals surface area contributed by atoms with E-state index in [1.165, 1.54) is 6.33 Å². The van der Waals surface area contributed by atoms with Crippen LogP contribution in [0.5, 0.6) is 5.88 Å². The lowest BCUT2D eigenvalue weighted by molar-refractivity contribution is -0.0553. The van der Waals surface area contributed by atoms with E-state index in [1.807, 2.05) is 6.92 Å². The fourth-order valence-corrected chi connectivity index (χ4v) is 1.85. The lowest BCUT2D eigenvalue weighted by Crippen LogP contribution is -2.24. The lowest BCUT2D eigenvalue weighted by atomic mass is 10.2. The van der Waals surface area contributed by atoms with Crippen LogP contribution in [0.1, 0.15) is 28.5 Å². The molecule has 0 spiro atoms. The molecule has 1 amide bonds. The largest absolute Gasteiger partial charge is 0.414 e. The molecule has 0 atom stereocenters. The quantitative estimate of drug-likeness (QED) is 0.880. The van der Waals surface area contributed by atoms with E-state index >= 15 is 0 Å². The Bertz CT molecular complexity index is 697. The summed E-state index contributed by atoms with van der Waals surface area (Å²) in [5.41, 5.74) is 1.40. The Labute approximate surface area is 129 Å². The minimum atomic E-state index is -3.19. The number of halogens is 3. The van der Waals surface area contributed by atoms with E-state index < -0.39 is 24.2 Å². The smallest absolute Gasteiger partial charge is 0.388 e. The van der Waals surface area contributed by atoms with Crippen molar-refractivity contribution < 1.29 is 22.7 Å². The fourth-order valence-electron chi connectivity index (χ4n) is 1.85. The van der Waals surface area contributed by atoms with Gasteiger partial charge < -0.3 is 10.1 Å². The maximum absolute atomic E-state index is 13.5. The molecule has 23 heavy (non-hydrogen) atoms. The van der Waals surface area contributed by atoms with Crippen molar-refractivity contribution in [2.75, 3.05) is 0 Å². The predicted molar refractivity (Wildman–Crippen MR) is 73.4 cm³/mol. The molecule has 0 fully saturated rings. The van der Waals surface area contributed by atoms with Crippen molar-refractivity contribution in [3.05, 3.63) is 47.4 Å². The highest BCUT2D eigenvalue weighted by atomic mass is 19.3. The number of ether oxygens (including phenoxy) is 1. The van der Waals surface area contributed by atoms with E-state index in [1.54, 1.807) is 6.20 Å². The zero-order chi connectivity index (χ0) is 16.8. The SMILES string of the molecule is CCc1ncncc1CNC(=O)c1cnc(OC(F)F)c(F)c1. The molecule has 0 saturated heterocycles. The number of pyridine rings is 1. The number of hydrogen-bond donors (Lipinski definition) is 1. The van der Waals surface area contributed by atoms with Gasteiger partial charge >= 0.3 is 6.61 Å². The molecule has 0 unspecified atom stereocenters. The van der Waals surface area contributed by atoms with Gasteiger partial charge in [0.05, 0.1) is 5.56 Å². The third kappa shape index (κ3) is 4.38. The number of rotatable bonds is 6. The van der Waals surface area contributed by atoms with Crippen molar-refractivity contribution in [3.63, 3.8) is 0 Å². The Kier molecular flexibility index (Phi) is 5.45. The van der Waals surface area contributed by atoms with Gasteiger partial charge in [-0.05, 0) is 12.5 Å². The first-order valence-corrected chi connectivity index (χ1v) is 6.67. The number of aryl methyl sites for hydroxylation is 1. The Morgan fingerprint density at radius 1 is 1.35 bits per heavy atom. The summed E-state index contributed by atoms with van der Waals surface area (Å²) in [5, 5.41) is 2.56. The van der Waals surface area contributed by atoms with Crippen LogP contribution in [0.25, 0.3) is 0 Å². The maximum atomic E-state index is 13.5. The molecule has 2 heterocycles. The van der Waals surface area contributed by atoms with E-state index in [0.29, 0.717) is 6.42 Å². The second-order valence-corrected chi connectivity index (χ2v) is 4.42. The molecule has 0 saturated carbocycles. The zero-order valence-electron chi connectivity index (χ0n) is 12.1. The van der Waals surface area contributed by atoms with E-state index in [-0.39, 0.29) is 12.1 Å². The van der Waals surface area contributed by atoms with Gasteiger partial charge in [0.15, 0.2) is 5.82 Å². The molecule has 0 bridgehead atoms. The van der Waals surface area contributed by atoms with Crippen LogP contribution in [0, 0.1) is 5.82 Å². The van der Waals surface area contributed by atoms with Gasteiger partial charge in [0.25, 0.3) is 11.8 Å². The second-order valence-electron chi connectivity index (χ2n) is 4.42. The Morgan fingerprint density at radius 2 is 2.13 bits per heavy atom. The van der Waals surface area contributed by atoms with Crippen LogP contribution in [-0.4, -0.2) is 27.5 Å². The maximum Gasteiger partial charge on any atom is 0.388 e. The molecule has 2 rings (SSSR count). The molecule has 2 aromatic rings. The van der Waals surface area contributed by atoms with Crippen molar-refractivity contribution >= 4 is 5.91 Å². The molecular weight excluding hydrogens is 313 g/mol. The molecule has 0 aliphatic rings. The number of carbonyl (C=O) groups excluding carboxylic acids is 1. The highest BCUT2D eigenvalue weighted by Gasteiger charge is 2.15. The average Bonchev–Trinajstić information content (AvgIpc) is 2.54. The number of carbonyl (C=O) groups is 1. The minimum absolute atomic E-state index is 0.112. The fraction of sp³-hybridized carbons (Fsp3) is 0.286. The van der Waals surface area contributed by atoms with E-state index in [9.17, 15) is 18.0 Å². The molecule has 0 aliphatic heterocycles. The monoisotopic (exact) mass is 326 g/mol. The average molecular weight is 326 g/mol. The van der Waals surface area contributed by atoms with Crippen LogP contribution >= 0.6 is 0 Å². The van der Waals surface area contributed by atoms with Gasteiger partial charge in [0, 0.05) is 30.2 Å². The summed E-state index contributed by atoms with van der Waals surface area (Å²) < 4.78 is 41.4. The van der Waals surface area contributed by atoms with Gasteiger partial charge in [0.1, 0.15) is 6.33 Å². The third-order valence-electron chi connectivity index (χ3n) is 2.93. The van der Waals surface area contributed by atoms with E-state index in [2.05, 4.69) is 25.0 Å². The van der Waals surface area contributed by atoms with E-state index in [0.717, 1.165) is 23.5 Å². The molecule has 122 valence electrons. The first-order chi connectivity index (χ1) is 11.0. The third-order valence-corrected chi connectivity index (χ3v) is 2.93. The summed E-state index contributed by atoms with van der Waals surface area (Å²) in [6.07, 6.45) is 4.61. The lowest BCUT2D eigenvalue weighted by Gasteiger charge is -2.09. The van der Waals surface area contributed by atoms with Gasteiger partial charge in [-0.25, -0.2) is 19.3 Å². The topological polar surface area (TPSA) is 77.0 Å². The molecule has 1 N–H and O–H groups in total. The second kappa shape index (κ2) is 7.52. The molecule has 0 radical (unpaired) electrons.